The van der Waals surface area contributed by atoms with E-state index in [-0.39, 0.29) is 11.3 Å². The van der Waals surface area contributed by atoms with Gasteiger partial charge in [0.25, 0.3) is 0 Å². The van der Waals surface area contributed by atoms with Crippen LogP contribution >= 0.6 is 11.6 Å². The zero-order valence-corrected chi connectivity index (χ0v) is 9.36. The molecule has 0 bridgehead atoms. The van der Waals surface area contributed by atoms with E-state index in [1.807, 2.05) is 6.07 Å². The lowest BCUT2D eigenvalue weighted by atomic mass is 10.0. The normalized spacial score (nSPS) is 11.7. The van der Waals surface area contributed by atoms with Crippen LogP contribution in [0.3, 0.4) is 0 Å². The Labute approximate surface area is 98.3 Å². The van der Waals surface area contributed by atoms with E-state index < -0.39 is 0 Å². The second kappa shape index (κ2) is 5.19. The second-order valence-electron chi connectivity index (χ2n) is 2.93. The van der Waals surface area contributed by atoms with Gasteiger partial charge in [-0.3, -0.25) is 4.99 Å². The molecule has 1 aromatic carbocycles. The molecule has 0 aliphatic rings. The number of halogens is 1. The van der Waals surface area contributed by atoms with E-state index in [9.17, 15) is 5.11 Å². The summed E-state index contributed by atoms with van der Waals surface area (Å²) in [6.07, 6.45) is 2.84. The van der Waals surface area contributed by atoms with Crippen LogP contribution in [-0.4, -0.2) is 17.9 Å². The molecule has 1 aromatic rings. The number of rotatable bonds is 2. The SMILES string of the molecule is CN=C(/C=C\N)c1cc(Cl)cc(O)c1C#N. The van der Waals surface area contributed by atoms with Gasteiger partial charge in [0, 0.05) is 17.6 Å². The van der Waals surface area contributed by atoms with Crippen molar-refractivity contribution in [3.63, 3.8) is 0 Å². The van der Waals surface area contributed by atoms with Gasteiger partial charge >= 0.3 is 0 Å². The minimum atomic E-state index is -0.170. The van der Waals surface area contributed by atoms with E-state index in [0.717, 1.165) is 0 Å². The molecule has 0 aliphatic heterocycles. The predicted molar refractivity (Wildman–Crippen MR) is 63.6 cm³/mol. The van der Waals surface area contributed by atoms with Gasteiger partial charge < -0.3 is 10.8 Å². The van der Waals surface area contributed by atoms with Gasteiger partial charge in [-0.15, -0.1) is 0 Å². The Morgan fingerprint density at radius 2 is 2.31 bits per heavy atom. The molecule has 0 aliphatic carbocycles. The topological polar surface area (TPSA) is 82.4 Å². The van der Waals surface area contributed by atoms with Gasteiger partial charge in [-0.1, -0.05) is 11.6 Å². The summed E-state index contributed by atoms with van der Waals surface area (Å²) in [5, 5.41) is 18.8. The van der Waals surface area contributed by atoms with Crippen LogP contribution in [0, 0.1) is 11.3 Å². The Morgan fingerprint density at radius 3 is 2.81 bits per heavy atom. The summed E-state index contributed by atoms with van der Waals surface area (Å²) in [4.78, 5) is 3.97. The van der Waals surface area contributed by atoms with Crippen molar-refractivity contribution < 1.29 is 5.11 Å². The fraction of sp³-hybridized carbons (Fsp3) is 0.0909. The Bertz CT molecular complexity index is 501. The predicted octanol–water partition coefficient (Wildman–Crippen LogP) is 1.81. The molecule has 3 N–H and O–H groups in total. The molecule has 82 valence electrons. The largest absolute Gasteiger partial charge is 0.506 e. The first-order valence-corrected chi connectivity index (χ1v) is 4.80. The summed E-state index contributed by atoms with van der Waals surface area (Å²) in [7, 11) is 1.56. The van der Waals surface area contributed by atoms with Gasteiger partial charge in [-0.05, 0) is 24.4 Å². The van der Waals surface area contributed by atoms with Crippen LogP contribution in [0.5, 0.6) is 5.75 Å². The number of benzene rings is 1. The van der Waals surface area contributed by atoms with Gasteiger partial charge in [0.1, 0.15) is 17.4 Å². The van der Waals surface area contributed by atoms with Gasteiger partial charge in [0.2, 0.25) is 0 Å². The monoisotopic (exact) mass is 235 g/mol. The number of phenols is 1. The summed E-state index contributed by atoms with van der Waals surface area (Å²) in [5.41, 5.74) is 6.34. The van der Waals surface area contributed by atoms with E-state index in [0.29, 0.717) is 16.3 Å². The molecule has 0 unspecified atom stereocenters. The first-order chi connectivity index (χ1) is 7.63. The van der Waals surface area contributed by atoms with E-state index in [4.69, 9.17) is 22.6 Å². The van der Waals surface area contributed by atoms with Crippen molar-refractivity contribution >= 4 is 17.3 Å². The Kier molecular flexibility index (Phi) is 3.92. The number of nitriles is 1. The van der Waals surface area contributed by atoms with E-state index in [1.165, 1.54) is 18.3 Å². The molecule has 0 atom stereocenters. The van der Waals surface area contributed by atoms with Crippen LogP contribution < -0.4 is 5.73 Å². The summed E-state index contributed by atoms with van der Waals surface area (Å²) in [6, 6.07) is 4.77. The van der Waals surface area contributed by atoms with E-state index in [1.54, 1.807) is 13.1 Å². The second-order valence-corrected chi connectivity index (χ2v) is 3.36. The average Bonchev–Trinajstić information content (AvgIpc) is 2.25. The third kappa shape index (κ3) is 2.33. The lowest BCUT2D eigenvalue weighted by molar-refractivity contribution is 0.473. The van der Waals surface area contributed by atoms with Gasteiger partial charge in [0.15, 0.2) is 0 Å². The Morgan fingerprint density at radius 1 is 1.62 bits per heavy atom. The van der Waals surface area contributed by atoms with Crippen molar-refractivity contribution in [3.8, 4) is 11.8 Å². The van der Waals surface area contributed by atoms with E-state index in [2.05, 4.69) is 4.99 Å². The number of allylic oxidation sites excluding steroid dienone is 1. The maximum absolute atomic E-state index is 9.57. The van der Waals surface area contributed by atoms with Crippen molar-refractivity contribution in [3.05, 3.63) is 40.6 Å². The van der Waals surface area contributed by atoms with Crippen molar-refractivity contribution in [2.45, 2.75) is 0 Å². The van der Waals surface area contributed by atoms with Crippen LogP contribution in [0.15, 0.2) is 29.4 Å². The van der Waals surface area contributed by atoms with Crippen LogP contribution in [0.4, 0.5) is 0 Å². The average molecular weight is 236 g/mol. The summed E-state index contributed by atoms with van der Waals surface area (Å²) in [5.74, 6) is -0.170. The molecule has 5 heteroatoms. The zero-order chi connectivity index (χ0) is 12.1. The zero-order valence-electron chi connectivity index (χ0n) is 8.61. The molecule has 0 saturated heterocycles. The maximum Gasteiger partial charge on any atom is 0.135 e. The van der Waals surface area contributed by atoms with Crippen molar-refractivity contribution in [2.24, 2.45) is 10.7 Å². The summed E-state index contributed by atoms with van der Waals surface area (Å²) in [6.45, 7) is 0. The van der Waals surface area contributed by atoms with Crippen molar-refractivity contribution in [1.82, 2.24) is 0 Å². The van der Waals surface area contributed by atoms with Crippen LogP contribution in [-0.2, 0) is 0 Å². The number of aliphatic imine (C=N–C) groups is 1. The Hall–Kier alpha value is -1.99. The standard InChI is InChI=1S/C11H10ClN3O/c1-15-10(2-3-13)8-4-7(12)5-11(16)9(8)6-14/h2-5,16H,13H2,1H3/b3-2-,15-10?. The van der Waals surface area contributed by atoms with Crippen molar-refractivity contribution in [2.75, 3.05) is 7.05 Å². The molecule has 1 rings (SSSR count). The Balaban J connectivity index is 3.49. The fourth-order valence-corrected chi connectivity index (χ4v) is 1.50. The number of hydrogen-bond donors (Lipinski definition) is 2. The van der Waals surface area contributed by atoms with Crippen LogP contribution in [0.25, 0.3) is 0 Å². The number of nitrogens with two attached hydrogens (primary N) is 1. The van der Waals surface area contributed by atoms with Crippen LogP contribution in [0.2, 0.25) is 5.02 Å². The molecule has 0 aromatic heterocycles. The molecular weight excluding hydrogens is 226 g/mol. The number of hydrogen-bond acceptors (Lipinski definition) is 4. The number of phenolic OH excluding ortho intramolecular Hbond substituents is 1. The highest BCUT2D eigenvalue weighted by Crippen LogP contribution is 2.26. The molecule has 0 radical (unpaired) electrons. The number of nitrogens with zero attached hydrogens (tertiary/aromatic N) is 2. The minimum absolute atomic E-state index is 0.128. The lowest BCUT2D eigenvalue weighted by Gasteiger charge is -2.06. The first-order valence-electron chi connectivity index (χ1n) is 4.42. The number of aromatic hydroxyl groups is 1. The quantitative estimate of drug-likeness (QED) is 0.767. The van der Waals surface area contributed by atoms with Gasteiger partial charge in [0.05, 0.1) is 5.71 Å². The summed E-state index contributed by atoms with van der Waals surface area (Å²) >= 11 is 5.80. The summed E-state index contributed by atoms with van der Waals surface area (Å²) < 4.78 is 0. The molecule has 0 amide bonds. The maximum atomic E-state index is 9.57. The molecule has 0 saturated carbocycles. The third-order valence-electron chi connectivity index (χ3n) is 1.97. The minimum Gasteiger partial charge on any atom is -0.506 e. The van der Waals surface area contributed by atoms with Gasteiger partial charge in [-0.2, -0.15) is 5.26 Å². The highest BCUT2D eigenvalue weighted by molar-refractivity contribution is 6.31. The molecule has 16 heavy (non-hydrogen) atoms. The van der Waals surface area contributed by atoms with Gasteiger partial charge in [-0.25, -0.2) is 0 Å². The third-order valence-corrected chi connectivity index (χ3v) is 2.18. The highest BCUT2D eigenvalue weighted by Gasteiger charge is 2.12. The first kappa shape index (κ1) is 12.1. The molecule has 0 fully saturated rings. The lowest BCUT2D eigenvalue weighted by Crippen LogP contribution is -2.02. The molecule has 0 spiro atoms. The highest BCUT2D eigenvalue weighted by atomic mass is 35.5. The molecular formula is C11H10ClN3O. The van der Waals surface area contributed by atoms with Crippen molar-refractivity contribution in [1.29, 1.82) is 5.26 Å². The smallest absolute Gasteiger partial charge is 0.135 e. The molecule has 4 nitrogen and oxygen atoms in total. The van der Waals surface area contributed by atoms with E-state index >= 15 is 0 Å². The fourth-order valence-electron chi connectivity index (χ4n) is 1.29. The molecule has 0 heterocycles. The van der Waals surface area contributed by atoms with Crippen LogP contribution in [0.1, 0.15) is 11.1 Å².